The van der Waals surface area contributed by atoms with E-state index in [0.29, 0.717) is 0 Å². The van der Waals surface area contributed by atoms with Crippen LogP contribution in [0.15, 0.2) is 18.2 Å². The van der Waals surface area contributed by atoms with E-state index in [0.717, 1.165) is 18.4 Å². The minimum Gasteiger partial charge on any atom is -0.506 e. The number of halogens is 1. The molecule has 15 heavy (non-hydrogen) atoms. The van der Waals surface area contributed by atoms with Crippen molar-refractivity contribution in [1.29, 1.82) is 0 Å². The molecule has 4 heteroatoms. The summed E-state index contributed by atoms with van der Waals surface area (Å²) in [5.74, 6) is -0.761. The number of rotatable bonds is 3. The van der Waals surface area contributed by atoms with Crippen molar-refractivity contribution >= 4 is 17.6 Å². The summed E-state index contributed by atoms with van der Waals surface area (Å²) < 4.78 is 0. The summed E-state index contributed by atoms with van der Waals surface area (Å²) in [5, 5.41) is 18.3. The first-order valence-electron chi connectivity index (χ1n) is 4.74. The average molecular weight is 227 g/mol. The van der Waals surface area contributed by atoms with E-state index in [1.165, 1.54) is 6.07 Å². The van der Waals surface area contributed by atoms with Crippen LogP contribution < -0.4 is 0 Å². The second kappa shape index (κ2) is 3.42. The van der Waals surface area contributed by atoms with E-state index in [1.54, 1.807) is 12.1 Å². The number of phenols is 1. The van der Waals surface area contributed by atoms with Crippen LogP contribution in [0.25, 0.3) is 0 Å². The lowest BCUT2D eigenvalue weighted by Crippen LogP contribution is -2.12. The number of hydrogen-bond donors (Lipinski definition) is 2. The van der Waals surface area contributed by atoms with Gasteiger partial charge in [-0.15, -0.1) is 0 Å². The third-order valence-electron chi connectivity index (χ3n) is 2.90. The van der Waals surface area contributed by atoms with Crippen molar-refractivity contribution in [3.63, 3.8) is 0 Å². The fourth-order valence-corrected chi connectivity index (χ4v) is 2.03. The maximum absolute atomic E-state index is 10.7. The van der Waals surface area contributed by atoms with Gasteiger partial charge in [0.25, 0.3) is 0 Å². The van der Waals surface area contributed by atoms with Gasteiger partial charge in [-0.25, -0.2) is 0 Å². The number of benzene rings is 1. The van der Waals surface area contributed by atoms with Gasteiger partial charge in [0, 0.05) is 5.41 Å². The molecule has 1 aromatic carbocycles. The van der Waals surface area contributed by atoms with E-state index in [2.05, 4.69) is 0 Å². The molecule has 2 N–H and O–H groups in total. The molecule has 0 bridgehead atoms. The molecule has 1 aromatic rings. The van der Waals surface area contributed by atoms with Crippen LogP contribution in [0.5, 0.6) is 5.75 Å². The van der Waals surface area contributed by atoms with Crippen LogP contribution in [0.2, 0.25) is 5.02 Å². The van der Waals surface area contributed by atoms with Crippen LogP contribution in [0.1, 0.15) is 24.8 Å². The Balaban J connectivity index is 2.29. The highest BCUT2D eigenvalue weighted by molar-refractivity contribution is 6.32. The zero-order valence-electron chi connectivity index (χ0n) is 8.03. The Morgan fingerprint density at radius 1 is 1.47 bits per heavy atom. The third-order valence-corrected chi connectivity index (χ3v) is 3.21. The predicted octanol–water partition coefficient (Wildman–Crippen LogP) is 2.55. The Kier molecular flexibility index (Phi) is 2.35. The molecule has 1 aliphatic carbocycles. The smallest absolute Gasteiger partial charge is 0.304 e. The van der Waals surface area contributed by atoms with E-state index in [4.69, 9.17) is 16.7 Å². The lowest BCUT2D eigenvalue weighted by Gasteiger charge is -2.13. The third kappa shape index (κ3) is 1.92. The summed E-state index contributed by atoms with van der Waals surface area (Å²) in [6.07, 6.45) is 1.88. The summed E-state index contributed by atoms with van der Waals surface area (Å²) in [4.78, 5) is 10.7. The number of carboxylic acids is 1. The van der Waals surface area contributed by atoms with Gasteiger partial charge in [-0.2, -0.15) is 0 Å². The molecule has 0 heterocycles. The molecule has 1 saturated carbocycles. The van der Waals surface area contributed by atoms with Gasteiger partial charge in [0.2, 0.25) is 0 Å². The Hall–Kier alpha value is -1.22. The van der Waals surface area contributed by atoms with Crippen LogP contribution in [-0.4, -0.2) is 16.2 Å². The van der Waals surface area contributed by atoms with Crippen molar-refractivity contribution in [2.24, 2.45) is 0 Å². The molecular weight excluding hydrogens is 216 g/mol. The molecule has 80 valence electrons. The Bertz CT molecular complexity index is 410. The maximum atomic E-state index is 10.7. The highest BCUT2D eigenvalue weighted by Gasteiger charge is 2.46. The van der Waals surface area contributed by atoms with Crippen molar-refractivity contribution < 1.29 is 15.0 Å². The maximum Gasteiger partial charge on any atom is 0.304 e. The van der Waals surface area contributed by atoms with Gasteiger partial charge in [-0.1, -0.05) is 17.7 Å². The molecule has 3 nitrogen and oxygen atoms in total. The zero-order valence-corrected chi connectivity index (χ0v) is 8.79. The fourth-order valence-electron chi connectivity index (χ4n) is 1.84. The van der Waals surface area contributed by atoms with E-state index in [-0.39, 0.29) is 22.6 Å². The molecule has 0 spiro atoms. The SMILES string of the molecule is O=C(O)CC1(c2ccc(O)c(Cl)c2)CC1. The monoisotopic (exact) mass is 226 g/mol. The van der Waals surface area contributed by atoms with Gasteiger partial charge < -0.3 is 10.2 Å². The van der Waals surface area contributed by atoms with E-state index in [1.807, 2.05) is 0 Å². The lowest BCUT2D eigenvalue weighted by molar-refractivity contribution is -0.137. The Morgan fingerprint density at radius 3 is 2.60 bits per heavy atom. The minimum absolute atomic E-state index is 0.0338. The first-order valence-corrected chi connectivity index (χ1v) is 5.12. The summed E-state index contributed by atoms with van der Waals surface area (Å²) >= 11 is 5.79. The summed E-state index contributed by atoms with van der Waals surface area (Å²) in [7, 11) is 0. The molecular formula is C11H11ClO3. The van der Waals surface area contributed by atoms with Crippen molar-refractivity contribution in [2.45, 2.75) is 24.7 Å². The highest BCUT2D eigenvalue weighted by Crippen LogP contribution is 2.51. The Morgan fingerprint density at radius 2 is 2.13 bits per heavy atom. The van der Waals surface area contributed by atoms with Gasteiger partial charge in [-0.3, -0.25) is 4.79 Å². The van der Waals surface area contributed by atoms with Crippen molar-refractivity contribution in [1.82, 2.24) is 0 Å². The second-order valence-electron chi connectivity index (χ2n) is 4.02. The molecule has 1 aliphatic rings. The number of aromatic hydroxyl groups is 1. The van der Waals surface area contributed by atoms with E-state index in [9.17, 15) is 9.90 Å². The van der Waals surface area contributed by atoms with Gasteiger partial charge in [0.15, 0.2) is 0 Å². The number of carbonyl (C=O) groups is 1. The number of phenolic OH excluding ortho intramolecular Hbond substituents is 1. The van der Waals surface area contributed by atoms with Gasteiger partial charge in [0.05, 0.1) is 11.4 Å². The lowest BCUT2D eigenvalue weighted by atomic mass is 9.92. The average Bonchev–Trinajstić information content (AvgIpc) is 2.89. The molecule has 0 unspecified atom stereocenters. The first-order chi connectivity index (χ1) is 7.03. The highest BCUT2D eigenvalue weighted by atomic mass is 35.5. The largest absolute Gasteiger partial charge is 0.506 e. The minimum atomic E-state index is -0.795. The van der Waals surface area contributed by atoms with E-state index < -0.39 is 5.97 Å². The van der Waals surface area contributed by atoms with Crippen molar-refractivity contribution in [3.8, 4) is 5.75 Å². The van der Waals surface area contributed by atoms with Gasteiger partial charge >= 0.3 is 5.97 Å². The van der Waals surface area contributed by atoms with Crippen LogP contribution in [0, 0.1) is 0 Å². The van der Waals surface area contributed by atoms with Crippen LogP contribution in [-0.2, 0) is 10.2 Å². The number of aliphatic carboxylic acids is 1. The predicted molar refractivity (Wildman–Crippen MR) is 56.3 cm³/mol. The summed E-state index contributed by atoms with van der Waals surface area (Å²) in [6, 6.07) is 4.92. The van der Waals surface area contributed by atoms with Gasteiger partial charge in [0.1, 0.15) is 5.75 Å². The normalized spacial score (nSPS) is 17.4. The van der Waals surface area contributed by atoms with Crippen molar-refractivity contribution in [3.05, 3.63) is 28.8 Å². The first kappa shape index (κ1) is 10.3. The van der Waals surface area contributed by atoms with E-state index >= 15 is 0 Å². The summed E-state index contributed by atoms with van der Waals surface area (Å²) in [5.41, 5.74) is 0.663. The molecule has 0 aromatic heterocycles. The molecule has 0 radical (unpaired) electrons. The standard InChI is InChI=1S/C11H11ClO3/c12-8-5-7(1-2-9(8)13)11(3-4-11)6-10(14)15/h1-2,5,13H,3-4,6H2,(H,14,15). The molecule has 2 rings (SSSR count). The van der Waals surface area contributed by atoms with Gasteiger partial charge in [-0.05, 0) is 30.5 Å². The van der Waals surface area contributed by atoms with Crippen LogP contribution >= 0.6 is 11.6 Å². The molecule has 0 amide bonds. The van der Waals surface area contributed by atoms with Crippen molar-refractivity contribution in [2.75, 3.05) is 0 Å². The Labute approximate surface area is 92.3 Å². The molecule has 0 aliphatic heterocycles. The second-order valence-corrected chi connectivity index (χ2v) is 4.42. The fraction of sp³-hybridized carbons (Fsp3) is 0.364. The number of hydrogen-bond acceptors (Lipinski definition) is 2. The topological polar surface area (TPSA) is 57.5 Å². The quantitative estimate of drug-likeness (QED) is 0.833. The van der Waals surface area contributed by atoms with Crippen LogP contribution in [0.4, 0.5) is 0 Å². The van der Waals surface area contributed by atoms with Crippen LogP contribution in [0.3, 0.4) is 0 Å². The summed E-state index contributed by atoms with van der Waals surface area (Å²) in [6.45, 7) is 0. The number of carboxylic acid groups (broad SMARTS) is 1. The molecule has 0 atom stereocenters. The molecule has 1 fully saturated rings. The molecule has 0 saturated heterocycles. The zero-order chi connectivity index (χ0) is 11.1.